The molecule has 0 fully saturated rings. The summed E-state index contributed by atoms with van der Waals surface area (Å²) in [6, 6.07) is 18.0. The van der Waals surface area contributed by atoms with Crippen LogP contribution in [0.5, 0.6) is 5.75 Å². The Hall–Kier alpha value is -3.38. The zero-order valence-electron chi connectivity index (χ0n) is 14.1. The van der Waals surface area contributed by atoms with Crippen LogP contribution in [-0.4, -0.2) is 22.7 Å². The third-order valence-electron chi connectivity index (χ3n) is 3.85. The van der Waals surface area contributed by atoms with Gasteiger partial charge in [-0.1, -0.05) is 22.8 Å². The average Bonchev–Trinajstić information content (AvgIpc) is 3.15. The highest BCUT2D eigenvalue weighted by atomic mass is 35.5. The number of aromatic nitrogens is 2. The normalized spacial score (nSPS) is 10.7. The summed E-state index contributed by atoms with van der Waals surface area (Å²) in [5, 5.41) is 8.12. The van der Waals surface area contributed by atoms with Gasteiger partial charge in [0.15, 0.2) is 18.2 Å². The third-order valence-corrected chi connectivity index (χ3v) is 4.10. The Labute approximate surface area is 159 Å². The number of pyridine rings is 1. The van der Waals surface area contributed by atoms with E-state index in [0.29, 0.717) is 22.4 Å². The fourth-order valence-electron chi connectivity index (χ4n) is 2.56. The summed E-state index contributed by atoms with van der Waals surface area (Å²) >= 11 is 5.81. The number of benzene rings is 2. The van der Waals surface area contributed by atoms with Crippen LogP contribution in [-0.2, 0) is 4.79 Å². The quantitative estimate of drug-likeness (QED) is 0.550. The first-order valence-electron chi connectivity index (χ1n) is 8.17. The van der Waals surface area contributed by atoms with Gasteiger partial charge < -0.3 is 14.6 Å². The first-order chi connectivity index (χ1) is 13.2. The number of nitrogens with zero attached hydrogens (tertiary/aromatic N) is 2. The van der Waals surface area contributed by atoms with Crippen molar-refractivity contribution in [3.63, 3.8) is 0 Å². The number of ether oxygens (including phenoxy) is 1. The van der Waals surface area contributed by atoms with Crippen molar-refractivity contribution in [3.05, 3.63) is 71.9 Å². The van der Waals surface area contributed by atoms with Crippen LogP contribution in [0.2, 0.25) is 5.02 Å². The molecule has 0 bridgehead atoms. The molecule has 0 spiro atoms. The number of amides is 1. The zero-order valence-corrected chi connectivity index (χ0v) is 14.8. The summed E-state index contributed by atoms with van der Waals surface area (Å²) in [5.74, 6) is 1.09. The first-order valence-corrected chi connectivity index (χ1v) is 8.55. The number of rotatable bonds is 5. The Balaban J connectivity index is 1.41. The summed E-state index contributed by atoms with van der Waals surface area (Å²) in [7, 11) is 0. The molecule has 0 saturated heterocycles. The van der Waals surface area contributed by atoms with E-state index in [1.54, 1.807) is 36.5 Å². The van der Waals surface area contributed by atoms with Crippen LogP contribution in [0.4, 0.5) is 5.82 Å². The average molecular weight is 380 g/mol. The molecule has 4 rings (SSSR count). The van der Waals surface area contributed by atoms with Crippen LogP contribution in [0.15, 0.2) is 71.4 Å². The molecule has 0 radical (unpaired) electrons. The van der Waals surface area contributed by atoms with Crippen molar-refractivity contribution in [2.24, 2.45) is 0 Å². The van der Waals surface area contributed by atoms with Crippen molar-refractivity contribution >= 4 is 34.2 Å². The van der Waals surface area contributed by atoms with Crippen molar-refractivity contribution in [3.8, 4) is 17.1 Å². The molecule has 0 aliphatic rings. The van der Waals surface area contributed by atoms with Crippen molar-refractivity contribution in [1.82, 2.24) is 10.1 Å². The summed E-state index contributed by atoms with van der Waals surface area (Å²) < 4.78 is 10.7. The van der Waals surface area contributed by atoms with Crippen LogP contribution in [0.3, 0.4) is 0 Å². The molecule has 0 atom stereocenters. The van der Waals surface area contributed by atoms with Gasteiger partial charge in [-0.15, -0.1) is 0 Å². The maximum absolute atomic E-state index is 12.0. The van der Waals surface area contributed by atoms with E-state index in [0.717, 1.165) is 16.5 Å². The molecule has 0 aliphatic carbocycles. The van der Waals surface area contributed by atoms with E-state index in [-0.39, 0.29) is 12.5 Å². The number of anilines is 1. The highest BCUT2D eigenvalue weighted by molar-refractivity contribution is 6.30. The van der Waals surface area contributed by atoms with E-state index >= 15 is 0 Å². The molecule has 134 valence electrons. The lowest BCUT2D eigenvalue weighted by Gasteiger charge is -2.05. The fraction of sp³-hybridized carbons (Fsp3) is 0.0500. The van der Waals surface area contributed by atoms with Crippen molar-refractivity contribution in [1.29, 1.82) is 0 Å². The van der Waals surface area contributed by atoms with Crippen molar-refractivity contribution in [2.45, 2.75) is 0 Å². The van der Waals surface area contributed by atoms with Gasteiger partial charge in [0.05, 0.1) is 5.52 Å². The van der Waals surface area contributed by atoms with E-state index in [9.17, 15) is 4.79 Å². The summed E-state index contributed by atoms with van der Waals surface area (Å²) in [6.45, 7) is -0.147. The minimum Gasteiger partial charge on any atom is -0.484 e. The lowest BCUT2D eigenvalue weighted by molar-refractivity contribution is -0.118. The molecule has 1 N–H and O–H groups in total. The third kappa shape index (κ3) is 4.07. The maximum atomic E-state index is 12.0. The number of hydrogen-bond donors (Lipinski definition) is 1. The van der Waals surface area contributed by atoms with Crippen molar-refractivity contribution < 1.29 is 14.1 Å². The van der Waals surface area contributed by atoms with Crippen LogP contribution in [0.25, 0.3) is 22.2 Å². The second-order valence-corrected chi connectivity index (χ2v) is 6.21. The van der Waals surface area contributed by atoms with Gasteiger partial charge in [0.2, 0.25) is 0 Å². The Morgan fingerprint density at radius 1 is 1.11 bits per heavy atom. The van der Waals surface area contributed by atoms with E-state index in [1.807, 2.05) is 30.3 Å². The topological polar surface area (TPSA) is 77.2 Å². The molecule has 2 aromatic heterocycles. The van der Waals surface area contributed by atoms with Gasteiger partial charge in [0.1, 0.15) is 5.75 Å². The molecule has 6 nitrogen and oxygen atoms in total. The number of carbonyl (C=O) groups is 1. The highest BCUT2D eigenvalue weighted by Crippen LogP contribution is 2.25. The van der Waals surface area contributed by atoms with Crippen LogP contribution in [0, 0.1) is 0 Å². The Bertz CT molecular complexity index is 1090. The smallest absolute Gasteiger partial charge is 0.263 e. The number of fused-ring (bicyclic) bond motifs is 1. The predicted octanol–water partition coefficient (Wildman–Crippen LogP) is 4.56. The van der Waals surface area contributed by atoms with Gasteiger partial charge in [0, 0.05) is 28.2 Å². The van der Waals surface area contributed by atoms with Gasteiger partial charge in [-0.05, 0) is 48.5 Å². The lowest BCUT2D eigenvalue weighted by Crippen LogP contribution is -2.20. The van der Waals surface area contributed by atoms with E-state index < -0.39 is 0 Å². The molecular formula is C20H14ClN3O3. The number of halogens is 1. The zero-order chi connectivity index (χ0) is 18.6. The van der Waals surface area contributed by atoms with Gasteiger partial charge in [-0.2, -0.15) is 0 Å². The van der Waals surface area contributed by atoms with Gasteiger partial charge in [0.25, 0.3) is 5.91 Å². The standard InChI is InChI=1S/C20H14ClN3O3/c21-15-4-6-16(7-5-15)26-12-20(25)23-19-11-18(27-24-19)14-3-8-17-13(10-14)2-1-9-22-17/h1-11H,12H2,(H,23,24,25). The number of nitrogens with one attached hydrogen (secondary N) is 1. The second-order valence-electron chi connectivity index (χ2n) is 5.78. The monoisotopic (exact) mass is 379 g/mol. The molecule has 4 aromatic rings. The largest absolute Gasteiger partial charge is 0.484 e. The molecule has 27 heavy (non-hydrogen) atoms. The lowest BCUT2D eigenvalue weighted by atomic mass is 10.1. The minimum atomic E-state index is -0.340. The van der Waals surface area contributed by atoms with Gasteiger partial charge in [-0.25, -0.2) is 0 Å². The predicted molar refractivity (Wildman–Crippen MR) is 103 cm³/mol. The summed E-state index contributed by atoms with van der Waals surface area (Å²) in [4.78, 5) is 16.3. The maximum Gasteiger partial charge on any atom is 0.263 e. The Kier molecular flexibility index (Phi) is 4.72. The van der Waals surface area contributed by atoms with E-state index in [1.165, 1.54) is 0 Å². The second kappa shape index (κ2) is 7.47. The molecule has 7 heteroatoms. The Morgan fingerprint density at radius 2 is 1.96 bits per heavy atom. The molecule has 0 saturated carbocycles. The molecule has 2 aromatic carbocycles. The number of hydrogen-bond acceptors (Lipinski definition) is 5. The molecular weight excluding hydrogens is 366 g/mol. The first kappa shape index (κ1) is 17.1. The SMILES string of the molecule is O=C(COc1ccc(Cl)cc1)Nc1cc(-c2ccc3ncccc3c2)on1. The van der Waals surface area contributed by atoms with Crippen LogP contribution < -0.4 is 10.1 Å². The molecule has 1 amide bonds. The fourth-order valence-corrected chi connectivity index (χ4v) is 2.68. The van der Waals surface area contributed by atoms with E-state index in [2.05, 4.69) is 15.5 Å². The van der Waals surface area contributed by atoms with Gasteiger partial charge in [-0.3, -0.25) is 9.78 Å². The van der Waals surface area contributed by atoms with Crippen LogP contribution >= 0.6 is 11.6 Å². The summed E-state index contributed by atoms with van der Waals surface area (Å²) in [5.41, 5.74) is 1.74. The molecule has 2 heterocycles. The Morgan fingerprint density at radius 3 is 2.81 bits per heavy atom. The molecule has 0 unspecified atom stereocenters. The van der Waals surface area contributed by atoms with Crippen LogP contribution in [0.1, 0.15) is 0 Å². The highest BCUT2D eigenvalue weighted by Gasteiger charge is 2.11. The number of carbonyl (C=O) groups excluding carboxylic acids is 1. The minimum absolute atomic E-state index is 0.147. The summed E-state index contributed by atoms with van der Waals surface area (Å²) in [6.07, 6.45) is 1.75. The van der Waals surface area contributed by atoms with Gasteiger partial charge >= 0.3 is 0 Å². The molecule has 0 aliphatic heterocycles. The van der Waals surface area contributed by atoms with Crippen molar-refractivity contribution in [2.75, 3.05) is 11.9 Å². The van der Waals surface area contributed by atoms with E-state index in [4.69, 9.17) is 20.9 Å².